The second-order valence-electron chi connectivity index (χ2n) is 12.1. The van der Waals surface area contributed by atoms with E-state index < -0.39 is 29.5 Å². The fraction of sp³-hybridized carbons (Fsp3) is 0.282. The monoisotopic (exact) mass is 672 g/mol. The SMILES string of the molecule is COc1ccc(CNC(=O)C2=CC[C@@](CO[C@H](C)c3cc(C)cc(C(F)(F)F)c3)(c3ccccc3)N(C(=O)OCc3ccccc3)C2)cc1. The van der Waals surface area contributed by atoms with Gasteiger partial charge in [0.15, 0.2) is 0 Å². The lowest BCUT2D eigenvalue weighted by molar-refractivity contribution is -0.137. The quantitative estimate of drug-likeness (QED) is 0.174. The number of aryl methyl sites for hydroxylation is 1. The molecule has 256 valence electrons. The largest absolute Gasteiger partial charge is 0.497 e. The van der Waals surface area contributed by atoms with Gasteiger partial charge in [0.1, 0.15) is 12.4 Å². The Labute approximate surface area is 284 Å². The zero-order valence-electron chi connectivity index (χ0n) is 27.6. The minimum atomic E-state index is -4.51. The molecule has 0 spiro atoms. The van der Waals surface area contributed by atoms with E-state index in [0.29, 0.717) is 22.4 Å². The molecule has 10 heteroatoms. The number of alkyl halides is 3. The Morgan fingerprint density at radius 3 is 2.24 bits per heavy atom. The van der Waals surface area contributed by atoms with Gasteiger partial charge in [-0.3, -0.25) is 9.69 Å². The molecule has 0 saturated carbocycles. The van der Waals surface area contributed by atoms with Gasteiger partial charge in [-0.15, -0.1) is 0 Å². The van der Waals surface area contributed by atoms with Gasteiger partial charge in [0.2, 0.25) is 5.91 Å². The lowest BCUT2D eigenvalue weighted by Crippen LogP contribution is -2.56. The van der Waals surface area contributed by atoms with E-state index in [0.717, 1.165) is 28.8 Å². The van der Waals surface area contributed by atoms with Crippen molar-refractivity contribution in [3.05, 3.63) is 148 Å². The highest BCUT2D eigenvalue weighted by Crippen LogP contribution is 2.40. The van der Waals surface area contributed by atoms with Crippen LogP contribution in [0.5, 0.6) is 5.75 Å². The van der Waals surface area contributed by atoms with Gasteiger partial charge in [-0.05, 0) is 66.8 Å². The minimum Gasteiger partial charge on any atom is -0.497 e. The maximum absolute atomic E-state index is 14.0. The van der Waals surface area contributed by atoms with Crippen LogP contribution in [-0.4, -0.2) is 37.2 Å². The summed E-state index contributed by atoms with van der Waals surface area (Å²) in [5.41, 5.74) is 1.68. The molecule has 0 aromatic heterocycles. The summed E-state index contributed by atoms with van der Waals surface area (Å²) in [5, 5.41) is 2.94. The molecule has 4 aromatic carbocycles. The van der Waals surface area contributed by atoms with Crippen LogP contribution in [0.4, 0.5) is 18.0 Å². The zero-order chi connectivity index (χ0) is 35.0. The molecule has 0 unspecified atom stereocenters. The first kappa shape index (κ1) is 35.2. The molecular formula is C39H39F3N2O5. The third-order valence-corrected chi connectivity index (χ3v) is 8.64. The van der Waals surface area contributed by atoms with Crippen molar-refractivity contribution < 1.29 is 37.0 Å². The summed E-state index contributed by atoms with van der Waals surface area (Å²) in [4.78, 5) is 29.0. The van der Waals surface area contributed by atoms with E-state index in [9.17, 15) is 22.8 Å². The van der Waals surface area contributed by atoms with Gasteiger partial charge in [0.25, 0.3) is 0 Å². The molecule has 0 bridgehead atoms. The van der Waals surface area contributed by atoms with E-state index in [1.807, 2.05) is 84.9 Å². The van der Waals surface area contributed by atoms with Crippen molar-refractivity contribution in [3.8, 4) is 5.75 Å². The van der Waals surface area contributed by atoms with Crippen LogP contribution in [0.1, 0.15) is 52.8 Å². The molecule has 2 atom stereocenters. The number of nitrogens with one attached hydrogen (secondary N) is 1. The fourth-order valence-electron chi connectivity index (χ4n) is 5.84. The molecule has 1 aliphatic rings. The highest BCUT2D eigenvalue weighted by molar-refractivity contribution is 5.94. The number of rotatable bonds is 11. The van der Waals surface area contributed by atoms with Crippen LogP contribution in [0, 0.1) is 6.92 Å². The number of ether oxygens (including phenoxy) is 3. The van der Waals surface area contributed by atoms with E-state index in [1.54, 1.807) is 33.1 Å². The number of carbonyl (C=O) groups excluding carboxylic acids is 2. The lowest BCUT2D eigenvalue weighted by Gasteiger charge is -2.46. The molecule has 4 aromatic rings. The molecular weight excluding hydrogens is 633 g/mol. The van der Waals surface area contributed by atoms with Crippen LogP contribution in [-0.2, 0) is 39.1 Å². The first-order valence-electron chi connectivity index (χ1n) is 15.9. The van der Waals surface area contributed by atoms with E-state index >= 15 is 0 Å². The van der Waals surface area contributed by atoms with Gasteiger partial charge in [-0.2, -0.15) is 13.2 Å². The normalized spacial score (nSPS) is 16.8. The fourth-order valence-corrected chi connectivity index (χ4v) is 5.84. The minimum absolute atomic E-state index is 0.00449. The molecule has 0 radical (unpaired) electrons. The summed E-state index contributed by atoms with van der Waals surface area (Å²) >= 11 is 0. The maximum atomic E-state index is 14.0. The Kier molecular flexibility index (Phi) is 11.1. The van der Waals surface area contributed by atoms with Crippen molar-refractivity contribution in [1.82, 2.24) is 10.2 Å². The highest BCUT2D eigenvalue weighted by Gasteiger charge is 2.46. The second kappa shape index (κ2) is 15.4. The van der Waals surface area contributed by atoms with Gasteiger partial charge in [0, 0.05) is 12.1 Å². The van der Waals surface area contributed by atoms with Crippen LogP contribution in [0.3, 0.4) is 0 Å². The van der Waals surface area contributed by atoms with Gasteiger partial charge in [0.05, 0.1) is 37.5 Å². The topological polar surface area (TPSA) is 77.1 Å². The average Bonchev–Trinajstić information content (AvgIpc) is 3.12. The van der Waals surface area contributed by atoms with Crippen LogP contribution in [0.25, 0.3) is 0 Å². The highest BCUT2D eigenvalue weighted by atomic mass is 19.4. The molecule has 49 heavy (non-hydrogen) atoms. The smallest absolute Gasteiger partial charge is 0.416 e. The summed E-state index contributed by atoms with van der Waals surface area (Å²) in [6, 6.07) is 29.7. The van der Waals surface area contributed by atoms with Gasteiger partial charge in [-0.1, -0.05) is 90.5 Å². The van der Waals surface area contributed by atoms with Crippen molar-refractivity contribution in [1.29, 1.82) is 0 Å². The summed E-state index contributed by atoms with van der Waals surface area (Å²) in [5.74, 6) is 0.360. The average molecular weight is 673 g/mol. The van der Waals surface area contributed by atoms with E-state index in [-0.39, 0.29) is 38.6 Å². The summed E-state index contributed by atoms with van der Waals surface area (Å²) in [6.45, 7) is 3.39. The molecule has 0 fully saturated rings. The number of nitrogens with zero attached hydrogens (tertiary/aromatic N) is 1. The number of carbonyl (C=O) groups is 2. The Morgan fingerprint density at radius 2 is 1.59 bits per heavy atom. The number of halogens is 3. The summed E-state index contributed by atoms with van der Waals surface area (Å²) in [6.07, 6.45) is -3.94. The van der Waals surface area contributed by atoms with Gasteiger partial charge < -0.3 is 19.5 Å². The first-order chi connectivity index (χ1) is 23.5. The molecule has 1 heterocycles. The molecule has 2 amide bonds. The third-order valence-electron chi connectivity index (χ3n) is 8.64. The van der Waals surface area contributed by atoms with E-state index in [2.05, 4.69) is 5.32 Å². The summed E-state index contributed by atoms with van der Waals surface area (Å²) in [7, 11) is 1.58. The summed E-state index contributed by atoms with van der Waals surface area (Å²) < 4.78 is 58.3. The van der Waals surface area contributed by atoms with E-state index in [4.69, 9.17) is 14.2 Å². The van der Waals surface area contributed by atoms with Gasteiger partial charge >= 0.3 is 12.3 Å². The van der Waals surface area contributed by atoms with Crippen molar-refractivity contribution in [3.63, 3.8) is 0 Å². The first-order valence-corrected chi connectivity index (χ1v) is 15.9. The van der Waals surface area contributed by atoms with Crippen LogP contribution < -0.4 is 10.1 Å². The van der Waals surface area contributed by atoms with E-state index in [1.165, 1.54) is 4.90 Å². The number of amides is 2. The standard InChI is InChI=1S/C39H39F3N2O5/c1-27-20-32(22-34(21-27)39(40,41)42)28(2)49-26-38(33-12-8-5-9-13-33)19-18-31(36(45)43-23-29-14-16-35(47-3)17-15-29)24-44(38)37(46)48-25-30-10-6-4-7-11-30/h4-18,20-22,28H,19,23-26H2,1-3H3,(H,43,45)/t28-,38-/m1/s1. The maximum Gasteiger partial charge on any atom is 0.416 e. The zero-order valence-corrected chi connectivity index (χ0v) is 27.6. The van der Waals surface area contributed by atoms with Crippen molar-refractivity contribution in [2.24, 2.45) is 0 Å². The number of benzene rings is 4. The molecule has 0 saturated heterocycles. The molecule has 0 aliphatic carbocycles. The molecule has 7 nitrogen and oxygen atoms in total. The number of hydrogen-bond acceptors (Lipinski definition) is 5. The predicted octanol–water partition coefficient (Wildman–Crippen LogP) is 8.28. The Hall–Kier alpha value is -5.09. The molecule has 5 rings (SSSR count). The van der Waals surface area contributed by atoms with Crippen molar-refractivity contribution in [2.75, 3.05) is 20.3 Å². The lowest BCUT2D eigenvalue weighted by atomic mass is 9.81. The van der Waals surface area contributed by atoms with Crippen LogP contribution in [0.2, 0.25) is 0 Å². The number of methoxy groups -OCH3 is 1. The molecule has 1 N–H and O–H groups in total. The second-order valence-corrected chi connectivity index (χ2v) is 12.1. The van der Waals surface area contributed by atoms with Crippen molar-refractivity contribution >= 4 is 12.0 Å². The van der Waals surface area contributed by atoms with Crippen molar-refractivity contribution in [2.45, 2.75) is 51.2 Å². The Bertz CT molecular complexity index is 1760. The third kappa shape index (κ3) is 8.69. The number of hydrogen-bond donors (Lipinski definition) is 1. The van der Waals surface area contributed by atoms with Crippen LogP contribution in [0.15, 0.2) is 115 Å². The van der Waals surface area contributed by atoms with Gasteiger partial charge in [-0.25, -0.2) is 4.79 Å². The Morgan fingerprint density at radius 1 is 0.918 bits per heavy atom. The Balaban J connectivity index is 1.45. The molecule has 1 aliphatic heterocycles. The predicted molar refractivity (Wildman–Crippen MR) is 180 cm³/mol. The van der Waals surface area contributed by atoms with Crippen LogP contribution >= 0.6 is 0 Å².